The molecule has 0 aliphatic heterocycles. The van der Waals surface area contributed by atoms with Crippen LogP contribution in [0.3, 0.4) is 0 Å². The molecule has 0 spiro atoms. The molecule has 1 rings (SSSR count). The Labute approximate surface area is 102 Å². The molecule has 0 aliphatic carbocycles. The second kappa shape index (κ2) is 5.52. The molecule has 18 heavy (non-hydrogen) atoms. The molecule has 0 radical (unpaired) electrons. The summed E-state index contributed by atoms with van der Waals surface area (Å²) in [7, 11) is 0. The van der Waals surface area contributed by atoms with Crippen LogP contribution in [-0.2, 0) is 6.42 Å². The number of hydrogen-bond acceptors (Lipinski definition) is 4. The maximum Gasteiger partial charge on any atom is 0.387 e. The first-order valence-corrected chi connectivity index (χ1v) is 5.14. The van der Waals surface area contributed by atoms with E-state index in [4.69, 9.17) is 0 Å². The van der Waals surface area contributed by atoms with Gasteiger partial charge in [0.2, 0.25) is 0 Å². The average molecular weight is 259 g/mol. The van der Waals surface area contributed by atoms with Gasteiger partial charge in [-0.3, -0.25) is 14.9 Å². The van der Waals surface area contributed by atoms with Crippen LogP contribution in [0, 0.1) is 10.1 Å². The Balaban J connectivity index is 3.50. The van der Waals surface area contributed by atoms with Gasteiger partial charge in [-0.2, -0.15) is 8.78 Å². The van der Waals surface area contributed by atoms with Gasteiger partial charge in [0.1, 0.15) is 5.75 Å². The summed E-state index contributed by atoms with van der Waals surface area (Å²) in [6.07, 6.45) is 0.111. The minimum absolute atomic E-state index is 0.00648. The zero-order chi connectivity index (χ0) is 13.9. The first kappa shape index (κ1) is 14.0. The van der Waals surface area contributed by atoms with Crippen LogP contribution in [-0.4, -0.2) is 17.3 Å². The van der Waals surface area contributed by atoms with Crippen molar-refractivity contribution in [3.8, 4) is 5.75 Å². The highest BCUT2D eigenvalue weighted by Crippen LogP contribution is 2.34. The first-order chi connectivity index (χ1) is 8.38. The van der Waals surface area contributed by atoms with Crippen molar-refractivity contribution in [2.75, 3.05) is 0 Å². The topological polar surface area (TPSA) is 69.4 Å². The van der Waals surface area contributed by atoms with Crippen LogP contribution < -0.4 is 4.74 Å². The summed E-state index contributed by atoms with van der Waals surface area (Å²) < 4.78 is 28.9. The van der Waals surface area contributed by atoms with E-state index < -0.39 is 23.1 Å². The van der Waals surface area contributed by atoms with Gasteiger partial charge in [0.15, 0.2) is 5.78 Å². The number of nitrogens with zero attached hydrogens (tertiary/aromatic N) is 1. The molecule has 0 saturated carbocycles. The maximum atomic E-state index is 12.3. The van der Waals surface area contributed by atoms with E-state index in [0.717, 1.165) is 12.1 Å². The van der Waals surface area contributed by atoms with Crippen molar-refractivity contribution in [2.45, 2.75) is 26.9 Å². The largest absolute Gasteiger partial charge is 0.433 e. The molecule has 0 atom stereocenters. The van der Waals surface area contributed by atoms with Gasteiger partial charge in [-0.25, -0.2) is 0 Å². The predicted molar refractivity (Wildman–Crippen MR) is 59.1 cm³/mol. The smallest absolute Gasteiger partial charge is 0.387 e. The zero-order valence-electron chi connectivity index (χ0n) is 9.78. The average Bonchev–Trinajstić information content (AvgIpc) is 2.26. The predicted octanol–water partition coefficient (Wildman–Crippen LogP) is 2.96. The molecule has 0 amide bonds. The fraction of sp³-hybridized carbons (Fsp3) is 0.364. The molecule has 1 aromatic rings. The number of nitro benzene ring substituents is 1. The summed E-state index contributed by atoms with van der Waals surface area (Å²) in [4.78, 5) is 21.4. The lowest BCUT2D eigenvalue weighted by Gasteiger charge is -2.13. The SMILES string of the molecule is CCc1c([N+](=O)[O-])ccc(C(C)=O)c1OC(F)F. The Morgan fingerprint density at radius 3 is 2.50 bits per heavy atom. The van der Waals surface area contributed by atoms with E-state index in [9.17, 15) is 23.7 Å². The normalized spacial score (nSPS) is 10.5. The maximum absolute atomic E-state index is 12.3. The molecule has 0 saturated heterocycles. The van der Waals surface area contributed by atoms with E-state index >= 15 is 0 Å². The minimum atomic E-state index is -3.14. The highest BCUT2D eigenvalue weighted by Gasteiger charge is 2.24. The van der Waals surface area contributed by atoms with Crippen LogP contribution >= 0.6 is 0 Å². The van der Waals surface area contributed by atoms with E-state index in [0.29, 0.717) is 0 Å². The summed E-state index contributed by atoms with van der Waals surface area (Å²) in [6.45, 7) is -0.404. The molecule has 0 fully saturated rings. The molecule has 0 unspecified atom stereocenters. The number of nitro groups is 1. The number of ether oxygens (including phenoxy) is 1. The number of halogens is 2. The fourth-order valence-electron chi connectivity index (χ4n) is 1.63. The van der Waals surface area contributed by atoms with Gasteiger partial charge < -0.3 is 4.74 Å². The molecule has 98 valence electrons. The third-order valence-electron chi connectivity index (χ3n) is 2.37. The van der Waals surface area contributed by atoms with Gasteiger partial charge in [-0.05, 0) is 19.4 Å². The van der Waals surface area contributed by atoms with Crippen molar-refractivity contribution in [3.63, 3.8) is 0 Å². The summed E-state index contributed by atoms with van der Waals surface area (Å²) >= 11 is 0. The molecule has 0 heterocycles. The summed E-state index contributed by atoms with van der Waals surface area (Å²) in [5.74, 6) is -0.899. The molecule has 1 aromatic carbocycles. The third kappa shape index (κ3) is 2.79. The molecule has 5 nitrogen and oxygen atoms in total. The highest BCUT2D eigenvalue weighted by atomic mass is 19.3. The van der Waals surface area contributed by atoms with Crippen molar-refractivity contribution < 1.29 is 23.2 Å². The monoisotopic (exact) mass is 259 g/mol. The molecular weight excluding hydrogens is 248 g/mol. The van der Waals surface area contributed by atoms with Gasteiger partial charge in [-0.1, -0.05) is 6.92 Å². The second-order valence-corrected chi connectivity index (χ2v) is 3.49. The lowest BCUT2D eigenvalue weighted by molar-refractivity contribution is -0.385. The Kier molecular flexibility index (Phi) is 4.30. The first-order valence-electron chi connectivity index (χ1n) is 5.14. The number of benzene rings is 1. The number of Topliss-reactive ketones (excluding diaryl/α,β-unsaturated/α-hetero) is 1. The molecule has 0 aliphatic rings. The summed E-state index contributed by atoms with van der Waals surface area (Å²) in [6, 6.07) is 2.24. The highest BCUT2D eigenvalue weighted by molar-refractivity contribution is 5.97. The van der Waals surface area contributed by atoms with Gasteiger partial charge in [0.25, 0.3) is 5.69 Å². The van der Waals surface area contributed by atoms with E-state index in [1.165, 1.54) is 6.92 Å². The molecule has 0 aromatic heterocycles. The standard InChI is InChI=1S/C11H11F2NO4/c1-3-7-9(14(16)17)5-4-8(6(2)15)10(7)18-11(12)13/h4-5,11H,3H2,1-2H3. The number of hydrogen-bond donors (Lipinski definition) is 0. The van der Waals surface area contributed by atoms with Crippen LogP contribution in [0.4, 0.5) is 14.5 Å². The van der Waals surface area contributed by atoms with Crippen LogP contribution in [0.25, 0.3) is 0 Å². The van der Waals surface area contributed by atoms with Gasteiger partial charge in [0.05, 0.1) is 16.1 Å². The van der Waals surface area contributed by atoms with E-state index in [1.54, 1.807) is 6.92 Å². The van der Waals surface area contributed by atoms with Crippen LogP contribution in [0.5, 0.6) is 5.75 Å². The molecule has 0 N–H and O–H groups in total. The number of carbonyl (C=O) groups is 1. The Morgan fingerprint density at radius 1 is 1.50 bits per heavy atom. The van der Waals surface area contributed by atoms with Crippen molar-refractivity contribution in [1.82, 2.24) is 0 Å². The van der Waals surface area contributed by atoms with Gasteiger partial charge >= 0.3 is 6.61 Å². The van der Waals surface area contributed by atoms with Crippen molar-refractivity contribution in [1.29, 1.82) is 0 Å². The van der Waals surface area contributed by atoms with Crippen molar-refractivity contribution >= 4 is 11.5 Å². The number of rotatable bonds is 5. The van der Waals surface area contributed by atoms with Crippen LogP contribution in [0.15, 0.2) is 12.1 Å². The quantitative estimate of drug-likeness (QED) is 0.463. The molecule has 7 heteroatoms. The molecular formula is C11H11F2NO4. The molecule has 0 bridgehead atoms. The van der Waals surface area contributed by atoms with Crippen molar-refractivity contribution in [2.24, 2.45) is 0 Å². The van der Waals surface area contributed by atoms with Gasteiger partial charge in [0, 0.05) is 6.07 Å². The zero-order valence-corrected chi connectivity index (χ0v) is 9.78. The van der Waals surface area contributed by atoms with E-state index in [1.807, 2.05) is 0 Å². The second-order valence-electron chi connectivity index (χ2n) is 3.49. The van der Waals surface area contributed by atoms with Crippen LogP contribution in [0.1, 0.15) is 29.8 Å². The minimum Gasteiger partial charge on any atom is -0.433 e. The number of alkyl halides is 2. The summed E-state index contributed by atoms with van der Waals surface area (Å²) in [5.41, 5.74) is -0.427. The Morgan fingerprint density at radius 2 is 2.11 bits per heavy atom. The van der Waals surface area contributed by atoms with E-state index in [2.05, 4.69) is 4.74 Å². The van der Waals surface area contributed by atoms with E-state index in [-0.39, 0.29) is 23.2 Å². The Bertz CT molecular complexity index is 488. The van der Waals surface area contributed by atoms with Gasteiger partial charge in [-0.15, -0.1) is 0 Å². The third-order valence-corrected chi connectivity index (χ3v) is 2.37. The fourth-order valence-corrected chi connectivity index (χ4v) is 1.63. The summed E-state index contributed by atoms with van der Waals surface area (Å²) in [5, 5.41) is 10.8. The van der Waals surface area contributed by atoms with Crippen LogP contribution in [0.2, 0.25) is 0 Å². The Hall–Kier alpha value is -2.05. The number of carbonyl (C=O) groups excluding carboxylic acids is 1. The number of ketones is 1. The lowest BCUT2D eigenvalue weighted by Crippen LogP contribution is -2.10. The van der Waals surface area contributed by atoms with Crippen molar-refractivity contribution in [3.05, 3.63) is 33.4 Å². The lowest BCUT2D eigenvalue weighted by atomic mass is 10.0.